The van der Waals surface area contributed by atoms with Crippen molar-refractivity contribution in [3.8, 4) is 0 Å². The van der Waals surface area contributed by atoms with E-state index in [0.717, 1.165) is 5.56 Å². The van der Waals surface area contributed by atoms with Gasteiger partial charge in [-0.15, -0.1) is 0 Å². The highest BCUT2D eigenvalue weighted by atomic mass is 35.5. The van der Waals surface area contributed by atoms with E-state index in [9.17, 15) is 4.21 Å². The van der Waals surface area contributed by atoms with Gasteiger partial charge in [0.15, 0.2) is 0 Å². The molecule has 88 valence electrons. The minimum atomic E-state index is -2.79. The third kappa shape index (κ3) is 3.08. The topological polar surface area (TPSA) is 40.9 Å². The second kappa shape index (κ2) is 4.90. The molecule has 0 fully saturated rings. The summed E-state index contributed by atoms with van der Waals surface area (Å²) in [7, 11) is -2.79. The van der Waals surface area contributed by atoms with Gasteiger partial charge in [0.2, 0.25) is 0 Å². The molecule has 4 heteroatoms. The fourth-order valence-electron chi connectivity index (χ4n) is 1.55. The van der Waals surface area contributed by atoms with Crippen LogP contribution in [0.25, 0.3) is 0 Å². The smallest absolute Gasteiger partial charge is 0.0768 e. The van der Waals surface area contributed by atoms with Crippen molar-refractivity contribution in [2.24, 2.45) is 0 Å². The van der Waals surface area contributed by atoms with Crippen LogP contribution in [-0.4, -0.2) is 4.21 Å². The first-order chi connectivity index (χ1) is 8.08. The molecule has 2 aromatic rings. The lowest BCUT2D eigenvalue weighted by atomic mass is 10.2. The Morgan fingerprint density at radius 3 is 2.18 bits per heavy atom. The minimum absolute atomic E-state index is 0.232. The lowest BCUT2D eigenvalue weighted by Crippen LogP contribution is -2.02. The van der Waals surface area contributed by atoms with Crippen molar-refractivity contribution in [2.45, 2.75) is 10.6 Å². The average Bonchev–Trinajstić information content (AvgIpc) is 2.30. The molecule has 0 aliphatic carbocycles. The van der Waals surface area contributed by atoms with E-state index in [0.29, 0.717) is 9.92 Å². The summed E-state index contributed by atoms with van der Waals surface area (Å²) < 4.78 is 20.3. The van der Waals surface area contributed by atoms with Gasteiger partial charge in [0.1, 0.15) is 0 Å². The van der Waals surface area contributed by atoms with E-state index in [1.807, 2.05) is 30.3 Å². The number of rotatable bonds is 3. The largest absolute Gasteiger partial charge is 0.249 e. The van der Waals surface area contributed by atoms with E-state index in [4.69, 9.17) is 16.4 Å². The summed E-state index contributed by atoms with van der Waals surface area (Å²) >= 11 is 5.77. The van der Waals surface area contributed by atoms with Crippen molar-refractivity contribution in [3.63, 3.8) is 0 Å². The summed E-state index contributed by atoms with van der Waals surface area (Å²) in [6, 6.07) is 16.1. The van der Waals surface area contributed by atoms with Crippen LogP contribution >= 0.6 is 11.6 Å². The molecule has 0 aliphatic heterocycles. The van der Waals surface area contributed by atoms with Gasteiger partial charge < -0.3 is 0 Å². The quantitative estimate of drug-likeness (QED) is 0.897. The van der Waals surface area contributed by atoms with Crippen LogP contribution in [0.2, 0.25) is 5.02 Å². The molecule has 1 unspecified atom stereocenters. The van der Waals surface area contributed by atoms with Gasteiger partial charge in [-0.2, -0.15) is 0 Å². The Hall–Kier alpha value is -1.32. The Labute approximate surface area is 106 Å². The third-order valence-electron chi connectivity index (χ3n) is 2.41. The number of hydrogen-bond donors (Lipinski definition) is 1. The van der Waals surface area contributed by atoms with Crippen LogP contribution in [0.15, 0.2) is 59.5 Å². The number of benzene rings is 2. The predicted octanol–water partition coefficient (Wildman–Crippen LogP) is 3.95. The van der Waals surface area contributed by atoms with E-state index in [1.165, 1.54) is 0 Å². The van der Waals surface area contributed by atoms with Crippen molar-refractivity contribution in [1.29, 1.82) is 4.78 Å². The van der Waals surface area contributed by atoms with E-state index in [-0.39, 0.29) is 5.75 Å². The van der Waals surface area contributed by atoms with Crippen molar-refractivity contribution in [1.82, 2.24) is 0 Å². The van der Waals surface area contributed by atoms with Gasteiger partial charge >= 0.3 is 0 Å². The molecule has 0 saturated carbocycles. The molecule has 17 heavy (non-hydrogen) atoms. The predicted molar refractivity (Wildman–Crippen MR) is 70.7 cm³/mol. The minimum Gasteiger partial charge on any atom is -0.249 e. The Balaban J connectivity index is 2.29. The van der Waals surface area contributed by atoms with Gasteiger partial charge in [0.05, 0.1) is 15.5 Å². The molecular formula is C13H12ClNOS. The van der Waals surface area contributed by atoms with Crippen LogP contribution in [-0.2, 0) is 15.5 Å². The summed E-state index contributed by atoms with van der Waals surface area (Å²) in [5.41, 5.74) is 0.905. The van der Waals surface area contributed by atoms with Crippen molar-refractivity contribution < 1.29 is 4.21 Å². The maximum absolute atomic E-state index is 12.3. The lowest BCUT2D eigenvalue weighted by molar-refractivity contribution is 0.674. The molecule has 0 spiro atoms. The van der Waals surface area contributed by atoms with Gasteiger partial charge in [-0.1, -0.05) is 41.9 Å². The molecule has 1 N–H and O–H groups in total. The normalized spacial score (nSPS) is 14.2. The van der Waals surface area contributed by atoms with Crippen LogP contribution in [0.3, 0.4) is 0 Å². The highest BCUT2D eigenvalue weighted by Crippen LogP contribution is 2.19. The Morgan fingerprint density at radius 1 is 1.00 bits per heavy atom. The zero-order valence-corrected chi connectivity index (χ0v) is 10.7. The fraction of sp³-hybridized carbons (Fsp3) is 0.0769. The molecule has 0 radical (unpaired) electrons. The fourth-order valence-corrected chi connectivity index (χ4v) is 3.08. The molecule has 1 atom stereocenters. The molecule has 0 aromatic heterocycles. The molecule has 0 saturated heterocycles. The Bertz CT molecular complexity index is 591. The standard InChI is InChI=1S/C13H12ClNOS/c14-12-6-8-13(9-7-12)17(15,16)10-11-4-2-1-3-5-11/h1-9,15H,10H2. The SMILES string of the molecule is N=S(=O)(Cc1ccccc1)c1ccc(Cl)cc1. The maximum Gasteiger partial charge on any atom is 0.0768 e. The van der Waals surface area contributed by atoms with Gasteiger partial charge in [-0.25, -0.2) is 8.99 Å². The molecule has 2 rings (SSSR count). The number of halogens is 1. The first-order valence-electron chi connectivity index (χ1n) is 5.14. The highest BCUT2D eigenvalue weighted by Gasteiger charge is 2.10. The summed E-state index contributed by atoms with van der Waals surface area (Å²) in [4.78, 5) is 0.519. The molecule has 0 aliphatic rings. The van der Waals surface area contributed by atoms with Gasteiger partial charge in [0, 0.05) is 9.92 Å². The summed E-state index contributed by atoms with van der Waals surface area (Å²) in [5, 5.41) is 0.587. The van der Waals surface area contributed by atoms with Crippen LogP contribution in [0.5, 0.6) is 0 Å². The van der Waals surface area contributed by atoms with Crippen LogP contribution in [0, 0.1) is 4.78 Å². The summed E-state index contributed by atoms with van der Waals surface area (Å²) in [6.07, 6.45) is 0. The van der Waals surface area contributed by atoms with Crippen molar-refractivity contribution >= 4 is 21.3 Å². The van der Waals surface area contributed by atoms with E-state index in [2.05, 4.69) is 0 Å². The zero-order chi connectivity index (χ0) is 12.3. The molecule has 0 amide bonds. The molecule has 0 bridgehead atoms. The Morgan fingerprint density at radius 2 is 1.59 bits per heavy atom. The van der Waals surface area contributed by atoms with Crippen LogP contribution in [0.4, 0.5) is 0 Å². The molecule has 0 heterocycles. The molecule has 2 aromatic carbocycles. The monoisotopic (exact) mass is 265 g/mol. The van der Waals surface area contributed by atoms with Gasteiger partial charge in [-0.05, 0) is 29.8 Å². The third-order valence-corrected chi connectivity index (χ3v) is 4.43. The van der Waals surface area contributed by atoms with Crippen LogP contribution < -0.4 is 0 Å². The Kier molecular flexibility index (Phi) is 3.50. The number of nitrogens with one attached hydrogen (secondary N) is 1. The van der Waals surface area contributed by atoms with Crippen molar-refractivity contribution in [2.75, 3.05) is 0 Å². The number of hydrogen-bond acceptors (Lipinski definition) is 2. The maximum atomic E-state index is 12.3. The molecular weight excluding hydrogens is 254 g/mol. The highest BCUT2D eigenvalue weighted by molar-refractivity contribution is 7.91. The first kappa shape index (κ1) is 12.1. The van der Waals surface area contributed by atoms with E-state index in [1.54, 1.807) is 24.3 Å². The second-order valence-corrected chi connectivity index (χ2v) is 6.31. The van der Waals surface area contributed by atoms with E-state index < -0.39 is 9.73 Å². The van der Waals surface area contributed by atoms with Crippen molar-refractivity contribution in [3.05, 3.63) is 65.2 Å². The second-order valence-electron chi connectivity index (χ2n) is 3.76. The van der Waals surface area contributed by atoms with Gasteiger partial charge in [-0.3, -0.25) is 0 Å². The van der Waals surface area contributed by atoms with E-state index >= 15 is 0 Å². The van der Waals surface area contributed by atoms with Crippen LogP contribution in [0.1, 0.15) is 5.56 Å². The average molecular weight is 266 g/mol. The molecule has 2 nitrogen and oxygen atoms in total. The summed E-state index contributed by atoms with van der Waals surface area (Å²) in [5.74, 6) is 0.232. The zero-order valence-electron chi connectivity index (χ0n) is 9.10. The van der Waals surface area contributed by atoms with Gasteiger partial charge in [0.25, 0.3) is 0 Å². The summed E-state index contributed by atoms with van der Waals surface area (Å²) in [6.45, 7) is 0. The lowest BCUT2D eigenvalue weighted by Gasteiger charge is -2.07. The first-order valence-corrected chi connectivity index (χ1v) is 7.24.